The van der Waals surface area contributed by atoms with Gasteiger partial charge < -0.3 is 4.74 Å². The summed E-state index contributed by atoms with van der Waals surface area (Å²) < 4.78 is 31.5. The number of alkyl halides is 2. The van der Waals surface area contributed by atoms with Crippen LogP contribution in [0.1, 0.15) is 0 Å². The Balaban J connectivity index is 4.48. The van der Waals surface area contributed by atoms with Crippen molar-refractivity contribution in [2.75, 3.05) is 0 Å². The van der Waals surface area contributed by atoms with E-state index in [2.05, 4.69) is 26.3 Å². The molecule has 0 aliphatic rings. The van der Waals surface area contributed by atoms with E-state index in [0.29, 0.717) is 0 Å². The van der Waals surface area contributed by atoms with E-state index in [1.807, 2.05) is 0 Å². The number of ether oxygens (including phenoxy) is 1. The molecule has 0 spiro atoms. The number of hydrogen-bond donors (Lipinski definition) is 0. The molecule has 0 N–H and O–H groups in total. The first kappa shape index (κ1) is 13.8. The molecule has 3 heteroatoms. The molecular formula is C12H16F2O. The van der Waals surface area contributed by atoms with Crippen LogP contribution in [-0.4, -0.2) is 24.6 Å². The van der Waals surface area contributed by atoms with Crippen molar-refractivity contribution in [3.8, 4) is 0 Å². The van der Waals surface area contributed by atoms with Crippen LogP contribution in [-0.2, 0) is 4.74 Å². The van der Waals surface area contributed by atoms with Gasteiger partial charge in [0.15, 0.2) is 0 Å². The molecule has 4 unspecified atom stereocenters. The Kier molecular flexibility index (Phi) is 6.54. The van der Waals surface area contributed by atoms with Gasteiger partial charge in [-0.15, -0.1) is 26.3 Å². The van der Waals surface area contributed by atoms with Crippen molar-refractivity contribution in [1.82, 2.24) is 0 Å². The quantitative estimate of drug-likeness (QED) is 0.564. The SMILES string of the molecule is C=CC(F)C(C=C)OC(C=C)C(F)C=C. The molecule has 0 aliphatic carbocycles. The summed E-state index contributed by atoms with van der Waals surface area (Å²) in [6.45, 7) is 13.4. The van der Waals surface area contributed by atoms with Crippen LogP contribution >= 0.6 is 0 Å². The normalized spacial score (nSPS) is 18.3. The zero-order valence-corrected chi connectivity index (χ0v) is 8.61. The molecular weight excluding hydrogens is 198 g/mol. The summed E-state index contributed by atoms with van der Waals surface area (Å²) in [5.41, 5.74) is 0. The van der Waals surface area contributed by atoms with E-state index in [1.54, 1.807) is 0 Å². The predicted octanol–water partition coefficient (Wildman–Crippen LogP) is 3.16. The van der Waals surface area contributed by atoms with Gasteiger partial charge in [0.1, 0.15) is 24.6 Å². The highest BCUT2D eigenvalue weighted by molar-refractivity contribution is 5.01. The van der Waals surface area contributed by atoms with Crippen LogP contribution in [0.5, 0.6) is 0 Å². The van der Waals surface area contributed by atoms with Gasteiger partial charge in [-0.1, -0.05) is 24.3 Å². The maximum absolute atomic E-state index is 13.2. The first-order valence-electron chi connectivity index (χ1n) is 4.54. The zero-order chi connectivity index (χ0) is 11.8. The number of rotatable bonds is 8. The van der Waals surface area contributed by atoms with Crippen molar-refractivity contribution in [2.45, 2.75) is 24.6 Å². The second-order valence-electron chi connectivity index (χ2n) is 2.90. The molecule has 0 heterocycles. The fourth-order valence-electron chi connectivity index (χ4n) is 0.971. The van der Waals surface area contributed by atoms with Gasteiger partial charge in [-0.3, -0.25) is 0 Å². The van der Waals surface area contributed by atoms with E-state index in [9.17, 15) is 8.78 Å². The maximum Gasteiger partial charge on any atom is 0.148 e. The molecule has 0 aromatic carbocycles. The van der Waals surface area contributed by atoms with E-state index in [1.165, 1.54) is 12.2 Å². The lowest BCUT2D eigenvalue weighted by Gasteiger charge is -2.22. The molecule has 0 fully saturated rings. The molecule has 0 aromatic heterocycles. The molecule has 0 bridgehead atoms. The van der Waals surface area contributed by atoms with Crippen molar-refractivity contribution in [2.24, 2.45) is 0 Å². The average molecular weight is 214 g/mol. The molecule has 0 aromatic rings. The maximum atomic E-state index is 13.2. The van der Waals surface area contributed by atoms with Crippen molar-refractivity contribution in [1.29, 1.82) is 0 Å². The van der Waals surface area contributed by atoms with Gasteiger partial charge in [0, 0.05) is 0 Å². The second-order valence-corrected chi connectivity index (χ2v) is 2.90. The third kappa shape index (κ3) is 4.21. The minimum absolute atomic E-state index is 0.927. The molecule has 0 saturated carbocycles. The average Bonchev–Trinajstić information content (AvgIpc) is 2.28. The van der Waals surface area contributed by atoms with Crippen LogP contribution in [0.15, 0.2) is 50.6 Å². The smallest absolute Gasteiger partial charge is 0.148 e. The summed E-state index contributed by atoms with van der Waals surface area (Å²) in [6, 6.07) is 0. The molecule has 1 nitrogen and oxygen atoms in total. The number of hydrogen-bond acceptors (Lipinski definition) is 1. The van der Waals surface area contributed by atoms with Crippen LogP contribution in [0.2, 0.25) is 0 Å². The largest absolute Gasteiger partial charge is 0.360 e. The molecule has 0 amide bonds. The predicted molar refractivity (Wildman–Crippen MR) is 59.2 cm³/mol. The van der Waals surface area contributed by atoms with Crippen LogP contribution in [0, 0.1) is 0 Å². The minimum atomic E-state index is -1.41. The topological polar surface area (TPSA) is 9.23 Å². The van der Waals surface area contributed by atoms with Crippen molar-refractivity contribution < 1.29 is 13.5 Å². The van der Waals surface area contributed by atoms with Crippen LogP contribution in [0.4, 0.5) is 8.78 Å². The van der Waals surface area contributed by atoms with Crippen molar-refractivity contribution in [3.05, 3.63) is 50.6 Å². The van der Waals surface area contributed by atoms with E-state index in [0.717, 1.165) is 12.2 Å². The van der Waals surface area contributed by atoms with E-state index >= 15 is 0 Å². The van der Waals surface area contributed by atoms with E-state index in [-0.39, 0.29) is 0 Å². The third-order valence-corrected chi connectivity index (χ3v) is 1.86. The minimum Gasteiger partial charge on any atom is -0.360 e. The van der Waals surface area contributed by atoms with Crippen LogP contribution < -0.4 is 0 Å². The van der Waals surface area contributed by atoms with Gasteiger partial charge in [0.2, 0.25) is 0 Å². The second kappa shape index (κ2) is 7.12. The molecule has 15 heavy (non-hydrogen) atoms. The summed E-state index contributed by atoms with van der Waals surface area (Å²) >= 11 is 0. The summed E-state index contributed by atoms with van der Waals surface area (Å²) in [7, 11) is 0. The summed E-state index contributed by atoms with van der Waals surface area (Å²) in [4.78, 5) is 0. The van der Waals surface area contributed by atoms with Crippen LogP contribution in [0.25, 0.3) is 0 Å². The van der Waals surface area contributed by atoms with Crippen molar-refractivity contribution in [3.63, 3.8) is 0 Å². The third-order valence-electron chi connectivity index (χ3n) is 1.86. The Morgan fingerprint density at radius 3 is 1.27 bits per heavy atom. The van der Waals surface area contributed by atoms with Crippen LogP contribution in [0.3, 0.4) is 0 Å². The molecule has 0 aliphatic heterocycles. The van der Waals surface area contributed by atoms with Gasteiger partial charge >= 0.3 is 0 Å². The van der Waals surface area contributed by atoms with Gasteiger partial charge in [-0.2, -0.15) is 0 Å². The highest BCUT2D eigenvalue weighted by Crippen LogP contribution is 2.14. The highest BCUT2D eigenvalue weighted by Gasteiger charge is 2.23. The Morgan fingerprint density at radius 1 is 0.733 bits per heavy atom. The van der Waals surface area contributed by atoms with Gasteiger partial charge in [-0.05, 0) is 0 Å². The Labute approximate surface area is 89.4 Å². The van der Waals surface area contributed by atoms with Gasteiger partial charge in [0.05, 0.1) is 0 Å². The number of halogens is 2. The Hall–Kier alpha value is -1.22. The highest BCUT2D eigenvalue weighted by atomic mass is 19.1. The lowest BCUT2D eigenvalue weighted by Crippen LogP contribution is -2.31. The van der Waals surface area contributed by atoms with E-state index < -0.39 is 24.6 Å². The molecule has 4 atom stereocenters. The fourth-order valence-corrected chi connectivity index (χ4v) is 0.971. The lowest BCUT2D eigenvalue weighted by molar-refractivity contribution is -0.0165. The lowest BCUT2D eigenvalue weighted by atomic mass is 10.2. The summed E-state index contributed by atoms with van der Waals surface area (Å²) in [5.74, 6) is 0. The molecule has 84 valence electrons. The zero-order valence-electron chi connectivity index (χ0n) is 8.61. The summed E-state index contributed by atoms with van der Waals surface area (Å²) in [5, 5.41) is 0. The summed E-state index contributed by atoms with van der Waals surface area (Å²) in [6.07, 6.45) is -0.00479. The van der Waals surface area contributed by atoms with Gasteiger partial charge in [0.25, 0.3) is 0 Å². The fraction of sp³-hybridized carbons (Fsp3) is 0.333. The van der Waals surface area contributed by atoms with Crippen molar-refractivity contribution >= 4 is 0 Å². The molecule has 0 radical (unpaired) electrons. The standard InChI is InChI=1S/C12H16F2O/c1-5-9(13)11(7-3)15-12(8-4)10(14)6-2/h5-12H,1-4H2. The van der Waals surface area contributed by atoms with E-state index in [4.69, 9.17) is 4.74 Å². The Bertz CT molecular complexity index is 214. The first-order valence-corrected chi connectivity index (χ1v) is 4.54. The first-order chi connectivity index (χ1) is 7.10. The van der Waals surface area contributed by atoms with Gasteiger partial charge in [-0.25, -0.2) is 8.78 Å². The monoisotopic (exact) mass is 214 g/mol. The molecule has 0 saturated heterocycles. The Morgan fingerprint density at radius 2 is 1.07 bits per heavy atom. The molecule has 0 rings (SSSR count).